The highest BCUT2D eigenvalue weighted by Crippen LogP contribution is 2.25. The highest BCUT2D eigenvalue weighted by molar-refractivity contribution is 5.77. The summed E-state index contributed by atoms with van der Waals surface area (Å²) in [6.07, 6.45) is 4.57. The van der Waals surface area contributed by atoms with Gasteiger partial charge in [0.15, 0.2) is 0 Å². The van der Waals surface area contributed by atoms with Crippen molar-refractivity contribution < 1.29 is 9.90 Å². The molecule has 128 valence electrons. The number of hydrogen-bond acceptors (Lipinski definition) is 2. The van der Waals surface area contributed by atoms with Gasteiger partial charge in [-0.1, -0.05) is 45.0 Å². The third-order valence-corrected chi connectivity index (χ3v) is 5.13. The summed E-state index contributed by atoms with van der Waals surface area (Å²) in [6, 6.07) is 8.94. The molecule has 0 bridgehead atoms. The topological polar surface area (TPSA) is 49.3 Å². The minimum absolute atomic E-state index is 0.151. The van der Waals surface area contributed by atoms with Crippen LogP contribution in [0.1, 0.15) is 75.8 Å². The SMILES string of the molecule is CC(C)c1ccc(C(C)CC(=O)NC2CCC(CO)CC2)cc1. The lowest BCUT2D eigenvalue weighted by Crippen LogP contribution is -2.38. The quantitative estimate of drug-likeness (QED) is 0.834. The Kier molecular flexibility index (Phi) is 6.64. The van der Waals surface area contributed by atoms with Crippen molar-refractivity contribution in [2.45, 2.75) is 70.8 Å². The van der Waals surface area contributed by atoms with Crippen molar-refractivity contribution in [1.29, 1.82) is 0 Å². The van der Waals surface area contributed by atoms with Gasteiger partial charge in [-0.15, -0.1) is 0 Å². The molecule has 1 amide bonds. The van der Waals surface area contributed by atoms with E-state index < -0.39 is 0 Å². The van der Waals surface area contributed by atoms with Crippen LogP contribution in [0.15, 0.2) is 24.3 Å². The second-order valence-corrected chi connectivity index (χ2v) is 7.39. The first-order chi connectivity index (χ1) is 11.0. The van der Waals surface area contributed by atoms with Crippen LogP contribution in [0.2, 0.25) is 0 Å². The molecule has 2 N–H and O–H groups in total. The van der Waals surface area contributed by atoms with E-state index in [0.29, 0.717) is 24.3 Å². The second-order valence-electron chi connectivity index (χ2n) is 7.39. The summed E-state index contributed by atoms with van der Waals surface area (Å²) < 4.78 is 0. The van der Waals surface area contributed by atoms with E-state index in [1.165, 1.54) is 11.1 Å². The summed E-state index contributed by atoms with van der Waals surface area (Å²) in [5.74, 6) is 1.36. The molecule has 0 aromatic heterocycles. The highest BCUT2D eigenvalue weighted by atomic mass is 16.3. The number of aliphatic hydroxyl groups excluding tert-OH is 1. The third-order valence-electron chi connectivity index (χ3n) is 5.13. The standard InChI is InChI=1S/C20H31NO2/c1-14(2)17-6-8-18(9-7-17)15(3)12-20(23)21-19-10-4-16(13-22)5-11-19/h6-9,14-16,19,22H,4-5,10-13H2,1-3H3,(H,21,23). The molecule has 1 atom stereocenters. The largest absolute Gasteiger partial charge is 0.396 e. The van der Waals surface area contributed by atoms with Gasteiger partial charge in [0.1, 0.15) is 0 Å². The number of amides is 1. The number of nitrogens with one attached hydrogen (secondary N) is 1. The van der Waals surface area contributed by atoms with Gasteiger partial charge in [-0.2, -0.15) is 0 Å². The van der Waals surface area contributed by atoms with Crippen molar-refractivity contribution in [2.24, 2.45) is 5.92 Å². The maximum absolute atomic E-state index is 12.3. The van der Waals surface area contributed by atoms with Gasteiger partial charge in [0.25, 0.3) is 0 Å². The summed E-state index contributed by atoms with van der Waals surface area (Å²) in [7, 11) is 0. The Morgan fingerprint density at radius 3 is 2.17 bits per heavy atom. The molecule has 0 heterocycles. The van der Waals surface area contributed by atoms with E-state index in [1.807, 2.05) is 0 Å². The van der Waals surface area contributed by atoms with Crippen molar-refractivity contribution >= 4 is 5.91 Å². The molecule has 1 aromatic rings. The average Bonchev–Trinajstić information content (AvgIpc) is 2.55. The summed E-state index contributed by atoms with van der Waals surface area (Å²) >= 11 is 0. The lowest BCUT2D eigenvalue weighted by molar-refractivity contribution is -0.122. The fourth-order valence-corrected chi connectivity index (χ4v) is 3.38. The van der Waals surface area contributed by atoms with Gasteiger partial charge >= 0.3 is 0 Å². The Balaban J connectivity index is 1.80. The molecule has 0 spiro atoms. The van der Waals surface area contributed by atoms with Gasteiger partial charge < -0.3 is 10.4 Å². The van der Waals surface area contributed by atoms with E-state index in [9.17, 15) is 9.90 Å². The van der Waals surface area contributed by atoms with Crippen LogP contribution in [0.3, 0.4) is 0 Å². The average molecular weight is 317 g/mol. The Hall–Kier alpha value is -1.35. The van der Waals surface area contributed by atoms with Crippen LogP contribution in [-0.4, -0.2) is 23.7 Å². The van der Waals surface area contributed by atoms with E-state index in [0.717, 1.165) is 25.7 Å². The first-order valence-electron chi connectivity index (χ1n) is 8.99. The monoisotopic (exact) mass is 317 g/mol. The van der Waals surface area contributed by atoms with E-state index in [-0.39, 0.29) is 18.4 Å². The Morgan fingerprint density at radius 1 is 1.09 bits per heavy atom. The highest BCUT2D eigenvalue weighted by Gasteiger charge is 2.22. The molecule has 0 radical (unpaired) electrons. The second kappa shape index (κ2) is 8.49. The maximum atomic E-state index is 12.3. The zero-order valence-electron chi connectivity index (χ0n) is 14.7. The number of rotatable bonds is 6. The molecule has 2 rings (SSSR count). The number of hydrogen-bond donors (Lipinski definition) is 2. The van der Waals surface area contributed by atoms with Crippen LogP contribution < -0.4 is 5.32 Å². The molecule has 23 heavy (non-hydrogen) atoms. The van der Waals surface area contributed by atoms with Crippen molar-refractivity contribution in [3.8, 4) is 0 Å². The number of benzene rings is 1. The fourth-order valence-electron chi connectivity index (χ4n) is 3.38. The molecule has 3 nitrogen and oxygen atoms in total. The van der Waals surface area contributed by atoms with Crippen LogP contribution in [-0.2, 0) is 4.79 Å². The predicted molar refractivity (Wildman–Crippen MR) is 94.5 cm³/mol. The third kappa shape index (κ3) is 5.35. The van der Waals surface area contributed by atoms with Gasteiger partial charge in [-0.05, 0) is 54.6 Å². The van der Waals surface area contributed by atoms with Gasteiger partial charge in [0, 0.05) is 19.1 Å². The van der Waals surface area contributed by atoms with E-state index in [1.54, 1.807) is 0 Å². The van der Waals surface area contributed by atoms with Crippen molar-refractivity contribution in [2.75, 3.05) is 6.61 Å². The maximum Gasteiger partial charge on any atom is 0.220 e. The minimum atomic E-state index is 0.151. The zero-order chi connectivity index (χ0) is 16.8. The van der Waals surface area contributed by atoms with Gasteiger partial charge in [0.05, 0.1) is 0 Å². The zero-order valence-corrected chi connectivity index (χ0v) is 14.7. The molecular formula is C20H31NO2. The lowest BCUT2D eigenvalue weighted by atomic mass is 9.86. The summed E-state index contributed by atoms with van der Waals surface area (Å²) in [5.41, 5.74) is 2.57. The Morgan fingerprint density at radius 2 is 1.65 bits per heavy atom. The summed E-state index contributed by atoms with van der Waals surface area (Å²) in [5, 5.41) is 12.3. The smallest absolute Gasteiger partial charge is 0.220 e. The van der Waals surface area contributed by atoms with Gasteiger partial charge in [0.2, 0.25) is 5.91 Å². The van der Waals surface area contributed by atoms with Crippen LogP contribution in [0.25, 0.3) is 0 Å². The predicted octanol–water partition coefficient (Wildman–Crippen LogP) is 3.97. The van der Waals surface area contributed by atoms with Crippen LogP contribution >= 0.6 is 0 Å². The number of aliphatic hydroxyl groups is 1. The Bertz CT molecular complexity index is 487. The number of carbonyl (C=O) groups is 1. The molecule has 1 fully saturated rings. The van der Waals surface area contributed by atoms with Gasteiger partial charge in [-0.3, -0.25) is 4.79 Å². The molecule has 1 aliphatic rings. The van der Waals surface area contributed by atoms with E-state index in [4.69, 9.17) is 0 Å². The van der Waals surface area contributed by atoms with Crippen molar-refractivity contribution in [3.05, 3.63) is 35.4 Å². The Labute approximate surface area is 140 Å². The van der Waals surface area contributed by atoms with Crippen LogP contribution in [0, 0.1) is 5.92 Å². The lowest BCUT2D eigenvalue weighted by Gasteiger charge is -2.28. The first kappa shape index (κ1) is 18.0. The van der Waals surface area contributed by atoms with Crippen LogP contribution in [0.4, 0.5) is 0 Å². The molecule has 0 aliphatic heterocycles. The van der Waals surface area contributed by atoms with Crippen LogP contribution in [0.5, 0.6) is 0 Å². The van der Waals surface area contributed by atoms with Crippen molar-refractivity contribution in [1.82, 2.24) is 5.32 Å². The van der Waals surface area contributed by atoms with E-state index >= 15 is 0 Å². The molecule has 1 aliphatic carbocycles. The summed E-state index contributed by atoms with van der Waals surface area (Å²) in [6.45, 7) is 6.78. The molecular weight excluding hydrogens is 286 g/mol. The fraction of sp³-hybridized carbons (Fsp3) is 0.650. The molecule has 1 aromatic carbocycles. The number of carbonyl (C=O) groups excluding carboxylic acids is 1. The summed E-state index contributed by atoms with van der Waals surface area (Å²) in [4.78, 5) is 12.3. The molecule has 0 saturated heterocycles. The van der Waals surface area contributed by atoms with E-state index in [2.05, 4.69) is 50.4 Å². The first-order valence-corrected chi connectivity index (χ1v) is 8.99. The van der Waals surface area contributed by atoms with Gasteiger partial charge in [-0.25, -0.2) is 0 Å². The molecule has 3 heteroatoms. The normalized spacial score (nSPS) is 22.8. The van der Waals surface area contributed by atoms with Crippen molar-refractivity contribution in [3.63, 3.8) is 0 Å². The minimum Gasteiger partial charge on any atom is -0.396 e. The molecule has 1 unspecified atom stereocenters. The molecule has 1 saturated carbocycles.